The van der Waals surface area contributed by atoms with Crippen LogP contribution in [-0.4, -0.2) is 13.1 Å². The van der Waals surface area contributed by atoms with Crippen LogP contribution in [-0.2, 0) is 0 Å². The van der Waals surface area contributed by atoms with Crippen LogP contribution in [0.1, 0.15) is 65.7 Å². The van der Waals surface area contributed by atoms with Crippen molar-refractivity contribution in [3.05, 3.63) is 0 Å². The van der Waals surface area contributed by atoms with Crippen molar-refractivity contribution in [3.8, 4) is 0 Å². The Morgan fingerprint density at radius 2 is 1.82 bits per heavy atom. The number of nitrogens with one attached hydrogen (secondary N) is 1. The fraction of sp³-hybridized carbons (Fsp3) is 1.00. The van der Waals surface area contributed by atoms with E-state index in [1.807, 2.05) is 0 Å². The average molecular weight is 237 g/mol. The molecule has 3 atom stereocenters. The quantitative estimate of drug-likeness (QED) is 0.699. The van der Waals surface area contributed by atoms with E-state index in [1.165, 1.54) is 25.8 Å². The summed E-state index contributed by atoms with van der Waals surface area (Å²) in [7, 11) is 0. The van der Waals surface area contributed by atoms with Crippen molar-refractivity contribution >= 4 is 0 Å². The van der Waals surface area contributed by atoms with Crippen LogP contribution in [0.25, 0.3) is 0 Å². The first-order valence-electron chi connectivity index (χ1n) is 7.93. The van der Waals surface area contributed by atoms with Gasteiger partial charge in [-0.1, -0.05) is 27.2 Å². The minimum absolute atomic E-state index is 0.588. The molecule has 2 aliphatic rings. The van der Waals surface area contributed by atoms with Gasteiger partial charge in [-0.15, -0.1) is 0 Å². The summed E-state index contributed by atoms with van der Waals surface area (Å²) in [4.78, 5) is 0. The SMILES string of the molecule is CCNCC(CC)(CC)CC1CC2CCC1C2. The van der Waals surface area contributed by atoms with E-state index in [0.29, 0.717) is 5.41 Å². The Kier molecular flexibility index (Phi) is 4.52. The Morgan fingerprint density at radius 3 is 2.29 bits per heavy atom. The summed E-state index contributed by atoms with van der Waals surface area (Å²) in [6.45, 7) is 9.39. The molecule has 3 unspecified atom stereocenters. The molecule has 2 saturated carbocycles. The van der Waals surface area contributed by atoms with Gasteiger partial charge in [0.25, 0.3) is 0 Å². The third-order valence-electron chi connectivity index (χ3n) is 5.83. The predicted molar refractivity (Wildman–Crippen MR) is 75.1 cm³/mol. The molecular weight excluding hydrogens is 206 g/mol. The van der Waals surface area contributed by atoms with Gasteiger partial charge >= 0.3 is 0 Å². The first-order valence-corrected chi connectivity index (χ1v) is 7.93. The van der Waals surface area contributed by atoms with Crippen LogP contribution >= 0.6 is 0 Å². The van der Waals surface area contributed by atoms with Gasteiger partial charge in [0.15, 0.2) is 0 Å². The number of hydrogen-bond donors (Lipinski definition) is 1. The van der Waals surface area contributed by atoms with Crippen LogP contribution in [0.5, 0.6) is 0 Å². The van der Waals surface area contributed by atoms with E-state index in [9.17, 15) is 0 Å². The van der Waals surface area contributed by atoms with Gasteiger partial charge in [0.05, 0.1) is 0 Å². The molecule has 0 aromatic carbocycles. The fourth-order valence-corrected chi connectivity index (χ4v) is 4.43. The summed E-state index contributed by atoms with van der Waals surface area (Å²) < 4.78 is 0. The zero-order valence-electron chi connectivity index (χ0n) is 12.1. The Labute approximate surface area is 108 Å². The molecule has 1 heteroatoms. The van der Waals surface area contributed by atoms with E-state index in [4.69, 9.17) is 0 Å². The standard InChI is InChI=1S/C16H31N/c1-4-16(5-2,12-17-6-3)11-15-10-13-7-8-14(15)9-13/h13-15,17H,4-12H2,1-3H3. The van der Waals surface area contributed by atoms with E-state index >= 15 is 0 Å². The van der Waals surface area contributed by atoms with Crippen LogP contribution in [0, 0.1) is 23.2 Å². The van der Waals surface area contributed by atoms with Crippen molar-refractivity contribution in [3.63, 3.8) is 0 Å². The Morgan fingerprint density at radius 1 is 1.06 bits per heavy atom. The fourth-order valence-electron chi connectivity index (χ4n) is 4.43. The van der Waals surface area contributed by atoms with Crippen molar-refractivity contribution in [2.24, 2.45) is 23.2 Å². The highest BCUT2D eigenvalue weighted by Crippen LogP contribution is 2.52. The zero-order valence-corrected chi connectivity index (χ0v) is 12.1. The van der Waals surface area contributed by atoms with E-state index in [0.717, 1.165) is 24.3 Å². The minimum Gasteiger partial charge on any atom is -0.316 e. The van der Waals surface area contributed by atoms with Gasteiger partial charge < -0.3 is 5.32 Å². The maximum atomic E-state index is 3.61. The summed E-state index contributed by atoms with van der Waals surface area (Å²) in [5.74, 6) is 3.27. The van der Waals surface area contributed by atoms with Gasteiger partial charge in [0.2, 0.25) is 0 Å². The molecule has 2 bridgehead atoms. The lowest BCUT2D eigenvalue weighted by Crippen LogP contribution is -2.36. The van der Waals surface area contributed by atoms with Crippen molar-refractivity contribution in [2.45, 2.75) is 65.7 Å². The lowest BCUT2D eigenvalue weighted by molar-refractivity contribution is 0.155. The van der Waals surface area contributed by atoms with Gasteiger partial charge in [-0.05, 0) is 68.2 Å². The third-order valence-corrected chi connectivity index (χ3v) is 5.83. The molecule has 0 amide bonds. The highest BCUT2D eigenvalue weighted by molar-refractivity contribution is 4.94. The molecule has 17 heavy (non-hydrogen) atoms. The monoisotopic (exact) mass is 237 g/mol. The van der Waals surface area contributed by atoms with Gasteiger partial charge in [0, 0.05) is 6.54 Å². The third kappa shape index (κ3) is 2.86. The van der Waals surface area contributed by atoms with Crippen molar-refractivity contribution < 1.29 is 0 Å². The van der Waals surface area contributed by atoms with Crippen molar-refractivity contribution in [1.82, 2.24) is 5.32 Å². The first kappa shape index (κ1) is 13.4. The molecule has 2 aliphatic carbocycles. The van der Waals surface area contributed by atoms with Gasteiger partial charge in [-0.2, -0.15) is 0 Å². The van der Waals surface area contributed by atoms with Gasteiger partial charge in [0.1, 0.15) is 0 Å². The molecule has 2 fully saturated rings. The van der Waals surface area contributed by atoms with E-state index < -0.39 is 0 Å². The molecule has 0 aromatic heterocycles. The highest BCUT2D eigenvalue weighted by atomic mass is 14.9. The molecule has 0 saturated heterocycles. The van der Waals surface area contributed by atoms with Crippen LogP contribution in [0.4, 0.5) is 0 Å². The second-order valence-corrected chi connectivity index (χ2v) is 6.63. The van der Waals surface area contributed by atoms with Gasteiger partial charge in [-0.3, -0.25) is 0 Å². The van der Waals surface area contributed by atoms with Gasteiger partial charge in [-0.25, -0.2) is 0 Å². The summed E-state index contributed by atoms with van der Waals surface area (Å²) in [5.41, 5.74) is 0.588. The predicted octanol–water partition coefficient (Wildman–Crippen LogP) is 4.23. The zero-order chi connectivity index (χ0) is 12.3. The lowest BCUT2D eigenvalue weighted by Gasteiger charge is -2.37. The Bertz CT molecular complexity index is 232. The highest BCUT2D eigenvalue weighted by Gasteiger charge is 2.42. The Hall–Kier alpha value is -0.0400. The lowest BCUT2D eigenvalue weighted by atomic mass is 9.71. The molecule has 1 N–H and O–H groups in total. The second kappa shape index (κ2) is 5.73. The number of fused-ring (bicyclic) bond motifs is 2. The molecule has 0 spiro atoms. The van der Waals surface area contributed by atoms with Crippen LogP contribution in [0.2, 0.25) is 0 Å². The van der Waals surface area contributed by atoms with Crippen LogP contribution in [0.15, 0.2) is 0 Å². The maximum absolute atomic E-state index is 3.61. The molecule has 0 aromatic rings. The molecule has 0 radical (unpaired) electrons. The van der Waals surface area contributed by atoms with Crippen molar-refractivity contribution in [2.75, 3.05) is 13.1 Å². The summed E-state index contributed by atoms with van der Waals surface area (Å²) in [5, 5.41) is 3.61. The summed E-state index contributed by atoms with van der Waals surface area (Å²) >= 11 is 0. The van der Waals surface area contributed by atoms with Crippen molar-refractivity contribution in [1.29, 1.82) is 0 Å². The summed E-state index contributed by atoms with van der Waals surface area (Å²) in [6.07, 6.45) is 10.4. The minimum atomic E-state index is 0.588. The average Bonchev–Trinajstić information content (AvgIpc) is 2.96. The van der Waals surface area contributed by atoms with E-state index in [1.54, 1.807) is 25.7 Å². The molecule has 2 rings (SSSR count). The van der Waals surface area contributed by atoms with Crippen LogP contribution < -0.4 is 5.32 Å². The number of rotatable bonds is 7. The van der Waals surface area contributed by atoms with E-state index in [-0.39, 0.29) is 0 Å². The topological polar surface area (TPSA) is 12.0 Å². The largest absolute Gasteiger partial charge is 0.316 e. The molecule has 1 nitrogen and oxygen atoms in total. The first-order chi connectivity index (χ1) is 8.23. The normalized spacial score (nSPS) is 32.3. The smallest absolute Gasteiger partial charge is 0.000759 e. The molecular formula is C16H31N. The second-order valence-electron chi connectivity index (χ2n) is 6.63. The Balaban J connectivity index is 1.92. The maximum Gasteiger partial charge on any atom is 0.000759 e. The molecule has 0 aliphatic heterocycles. The van der Waals surface area contributed by atoms with Crippen LogP contribution in [0.3, 0.4) is 0 Å². The molecule has 0 heterocycles. The summed E-state index contributed by atoms with van der Waals surface area (Å²) in [6, 6.07) is 0. The molecule has 100 valence electrons. The number of hydrogen-bond acceptors (Lipinski definition) is 1. The van der Waals surface area contributed by atoms with E-state index in [2.05, 4.69) is 26.1 Å².